The van der Waals surface area contributed by atoms with Gasteiger partial charge < -0.3 is 15.3 Å². The summed E-state index contributed by atoms with van der Waals surface area (Å²) in [6.45, 7) is 4.05. The molecule has 1 saturated heterocycles. The lowest BCUT2D eigenvalue weighted by Crippen LogP contribution is -2.53. The van der Waals surface area contributed by atoms with Crippen LogP contribution in [0.4, 0.5) is 0 Å². The van der Waals surface area contributed by atoms with E-state index in [1.165, 1.54) is 11.1 Å². The van der Waals surface area contributed by atoms with Gasteiger partial charge in [0.25, 0.3) is 5.91 Å². The van der Waals surface area contributed by atoms with Gasteiger partial charge in [-0.2, -0.15) is 0 Å². The van der Waals surface area contributed by atoms with Crippen molar-refractivity contribution in [2.45, 2.75) is 38.8 Å². The number of pyridine rings is 1. The summed E-state index contributed by atoms with van der Waals surface area (Å²) < 4.78 is 0. The number of aliphatic carboxylic acids is 1. The van der Waals surface area contributed by atoms with Gasteiger partial charge >= 0.3 is 5.97 Å². The van der Waals surface area contributed by atoms with E-state index in [4.69, 9.17) is 0 Å². The molecule has 7 nitrogen and oxygen atoms in total. The number of carboxylic acids is 1. The normalized spacial score (nSPS) is 17.9. The number of nitrogens with one attached hydrogen (secondary N) is 1. The number of carbonyl (C=O) groups is 3. The average Bonchev–Trinajstić information content (AvgIpc) is 3.15. The third kappa shape index (κ3) is 3.92. The summed E-state index contributed by atoms with van der Waals surface area (Å²) in [6.07, 6.45) is 2.57. The Kier molecular flexibility index (Phi) is 5.39. The fourth-order valence-corrected chi connectivity index (χ4v) is 3.40. The summed E-state index contributed by atoms with van der Waals surface area (Å²) in [4.78, 5) is 42.6. The number of hydrogen-bond acceptors (Lipinski definition) is 4. The molecule has 27 heavy (non-hydrogen) atoms. The van der Waals surface area contributed by atoms with Crippen molar-refractivity contribution in [1.82, 2.24) is 15.2 Å². The molecule has 0 spiro atoms. The van der Waals surface area contributed by atoms with Gasteiger partial charge in [-0.25, -0.2) is 4.79 Å². The van der Waals surface area contributed by atoms with Crippen LogP contribution in [-0.4, -0.2) is 51.4 Å². The summed E-state index contributed by atoms with van der Waals surface area (Å²) >= 11 is 0. The van der Waals surface area contributed by atoms with E-state index in [0.29, 0.717) is 24.9 Å². The number of hydrogen-bond donors (Lipinski definition) is 2. The SMILES string of the molecule is CC(C)[C@H](NC(=O)c1cnc2ccccc2c1)C(=O)N1CCC[C@H]1C(=O)O. The molecule has 1 fully saturated rings. The van der Waals surface area contributed by atoms with Gasteiger partial charge in [0, 0.05) is 18.1 Å². The Morgan fingerprint density at radius 2 is 2.00 bits per heavy atom. The first kappa shape index (κ1) is 18.8. The Balaban J connectivity index is 1.79. The summed E-state index contributed by atoms with van der Waals surface area (Å²) in [5.74, 6) is -1.93. The van der Waals surface area contributed by atoms with Gasteiger partial charge in [0.05, 0.1) is 11.1 Å². The van der Waals surface area contributed by atoms with Crippen LogP contribution in [0.3, 0.4) is 0 Å². The monoisotopic (exact) mass is 369 g/mol. The number of benzene rings is 1. The highest BCUT2D eigenvalue weighted by Gasteiger charge is 2.38. The van der Waals surface area contributed by atoms with Crippen molar-refractivity contribution >= 4 is 28.7 Å². The van der Waals surface area contributed by atoms with Gasteiger partial charge in [-0.3, -0.25) is 14.6 Å². The maximum atomic E-state index is 12.9. The number of nitrogens with zero attached hydrogens (tertiary/aromatic N) is 2. The smallest absolute Gasteiger partial charge is 0.326 e. The maximum Gasteiger partial charge on any atom is 0.326 e. The Bertz CT molecular complexity index is 880. The van der Waals surface area contributed by atoms with Crippen LogP contribution in [0.5, 0.6) is 0 Å². The third-order valence-corrected chi connectivity index (χ3v) is 4.89. The molecule has 142 valence electrons. The van der Waals surface area contributed by atoms with Crippen LogP contribution in [0.2, 0.25) is 0 Å². The Morgan fingerprint density at radius 3 is 2.70 bits per heavy atom. The molecule has 2 atom stereocenters. The highest BCUT2D eigenvalue weighted by atomic mass is 16.4. The van der Waals surface area contributed by atoms with Crippen molar-refractivity contribution in [3.05, 3.63) is 42.1 Å². The molecule has 1 aliphatic rings. The summed E-state index contributed by atoms with van der Waals surface area (Å²) in [6, 6.07) is 7.59. The molecule has 2 heterocycles. The van der Waals surface area contributed by atoms with E-state index < -0.39 is 24.0 Å². The predicted octanol–water partition coefficient (Wildman–Crippen LogP) is 2.06. The van der Waals surface area contributed by atoms with Gasteiger partial charge in [0.1, 0.15) is 12.1 Å². The first-order valence-corrected chi connectivity index (χ1v) is 9.07. The van der Waals surface area contributed by atoms with Crippen molar-refractivity contribution in [2.24, 2.45) is 5.92 Å². The number of aromatic nitrogens is 1. The number of likely N-dealkylation sites (tertiary alicyclic amines) is 1. The Labute approximate surface area is 157 Å². The zero-order valence-electron chi connectivity index (χ0n) is 15.4. The van der Waals surface area contributed by atoms with Crippen molar-refractivity contribution in [1.29, 1.82) is 0 Å². The molecule has 3 rings (SSSR count). The highest BCUT2D eigenvalue weighted by molar-refractivity contribution is 6.00. The molecule has 0 saturated carbocycles. The first-order valence-electron chi connectivity index (χ1n) is 9.07. The molecule has 1 aromatic heterocycles. The quantitative estimate of drug-likeness (QED) is 0.840. The second kappa shape index (κ2) is 7.73. The molecular formula is C20H23N3O4. The molecule has 2 amide bonds. The van der Waals surface area contributed by atoms with Crippen LogP contribution in [0, 0.1) is 5.92 Å². The number of para-hydroxylation sites is 1. The number of rotatable bonds is 5. The van der Waals surface area contributed by atoms with E-state index in [-0.39, 0.29) is 11.8 Å². The molecule has 7 heteroatoms. The minimum atomic E-state index is -1.01. The third-order valence-electron chi connectivity index (χ3n) is 4.89. The van der Waals surface area contributed by atoms with Crippen LogP contribution >= 0.6 is 0 Å². The van der Waals surface area contributed by atoms with Gasteiger partial charge in [-0.15, -0.1) is 0 Å². The fourth-order valence-electron chi connectivity index (χ4n) is 3.40. The average molecular weight is 369 g/mol. The molecule has 0 aliphatic carbocycles. The number of fused-ring (bicyclic) bond motifs is 1. The van der Waals surface area contributed by atoms with Gasteiger partial charge in [0.15, 0.2) is 0 Å². The number of carboxylic acid groups (broad SMARTS) is 1. The Hall–Kier alpha value is -2.96. The molecule has 0 bridgehead atoms. The molecule has 0 radical (unpaired) electrons. The fraction of sp³-hybridized carbons (Fsp3) is 0.400. The van der Waals surface area contributed by atoms with Crippen LogP contribution in [0.25, 0.3) is 10.9 Å². The number of carbonyl (C=O) groups excluding carboxylic acids is 2. The van der Waals surface area contributed by atoms with E-state index in [1.807, 2.05) is 38.1 Å². The largest absolute Gasteiger partial charge is 0.480 e. The molecular weight excluding hydrogens is 346 g/mol. The van der Waals surface area contributed by atoms with E-state index in [2.05, 4.69) is 10.3 Å². The minimum absolute atomic E-state index is 0.176. The Morgan fingerprint density at radius 1 is 1.26 bits per heavy atom. The van der Waals surface area contributed by atoms with Crippen molar-refractivity contribution in [2.75, 3.05) is 6.54 Å². The van der Waals surface area contributed by atoms with Crippen LogP contribution in [0.15, 0.2) is 36.5 Å². The summed E-state index contributed by atoms with van der Waals surface area (Å²) in [5, 5.41) is 12.9. The lowest BCUT2D eigenvalue weighted by Gasteiger charge is -2.29. The topological polar surface area (TPSA) is 99.6 Å². The molecule has 1 aliphatic heterocycles. The minimum Gasteiger partial charge on any atom is -0.480 e. The van der Waals surface area contributed by atoms with Gasteiger partial charge in [-0.1, -0.05) is 32.0 Å². The van der Waals surface area contributed by atoms with E-state index in [1.54, 1.807) is 6.07 Å². The van der Waals surface area contributed by atoms with Crippen molar-refractivity contribution in [3.8, 4) is 0 Å². The molecule has 0 unspecified atom stereocenters. The molecule has 2 N–H and O–H groups in total. The number of amides is 2. The zero-order chi connectivity index (χ0) is 19.6. The zero-order valence-corrected chi connectivity index (χ0v) is 15.4. The van der Waals surface area contributed by atoms with Crippen LogP contribution in [-0.2, 0) is 9.59 Å². The summed E-state index contributed by atoms with van der Waals surface area (Å²) in [7, 11) is 0. The lowest BCUT2D eigenvalue weighted by atomic mass is 10.0. The van der Waals surface area contributed by atoms with Gasteiger partial charge in [0.2, 0.25) is 5.91 Å². The van der Waals surface area contributed by atoms with E-state index in [9.17, 15) is 19.5 Å². The van der Waals surface area contributed by atoms with Crippen molar-refractivity contribution < 1.29 is 19.5 Å². The lowest BCUT2D eigenvalue weighted by molar-refractivity contribution is -0.149. The second-order valence-corrected chi connectivity index (χ2v) is 7.14. The molecule has 1 aromatic carbocycles. The van der Waals surface area contributed by atoms with Crippen LogP contribution < -0.4 is 5.32 Å². The predicted molar refractivity (Wildman–Crippen MR) is 100 cm³/mol. The standard InChI is InChI=1S/C20H23N3O4/c1-12(2)17(19(25)23-9-5-8-16(23)20(26)27)22-18(24)14-10-13-6-3-4-7-15(13)21-11-14/h3-4,6-7,10-12,16-17H,5,8-9H2,1-2H3,(H,22,24)(H,26,27)/t16-,17-/m0/s1. The van der Waals surface area contributed by atoms with Crippen LogP contribution in [0.1, 0.15) is 37.0 Å². The molecule has 2 aromatic rings. The van der Waals surface area contributed by atoms with Crippen molar-refractivity contribution in [3.63, 3.8) is 0 Å². The second-order valence-electron chi connectivity index (χ2n) is 7.14. The van der Waals surface area contributed by atoms with E-state index in [0.717, 1.165) is 10.9 Å². The maximum absolute atomic E-state index is 12.9. The van der Waals surface area contributed by atoms with E-state index >= 15 is 0 Å². The highest BCUT2D eigenvalue weighted by Crippen LogP contribution is 2.21. The van der Waals surface area contributed by atoms with Gasteiger partial charge in [-0.05, 0) is 30.9 Å². The first-order chi connectivity index (χ1) is 12.9. The summed E-state index contributed by atoms with van der Waals surface area (Å²) in [5.41, 5.74) is 1.15.